The lowest BCUT2D eigenvalue weighted by Crippen LogP contribution is -2.37. The molecule has 1 aliphatic carbocycles. The zero-order valence-electron chi connectivity index (χ0n) is 14.6. The Morgan fingerprint density at radius 1 is 1.54 bits per heavy atom. The van der Waals surface area contributed by atoms with E-state index in [0.717, 1.165) is 42.3 Å². The van der Waals surface area contributed by atoms with Crippen molar-refractivity contribution >= 4 is 27.5 Å². The van der Waals surface area contributed by atoms with Crippen molar-refractivity contribution in [2.45, 2.75) is 65.5 Å². The lowest BCUT2D eigenvalue weighted by molar-refractivity contribution is -0.122. The maximum atomic E-state index is 12.8. The normalized spacial score (nSPS) is 18.4. The quantitative estimate of drug-likeness (QED) is 0.904. The zero-order chi connectivity index (χ0) is 17.3. The molecule has 0 aliphatic heterocycles. The zero-order valence-corrected chi connectivity index (χ0v) is 15.4. The first-order chi connectivity index (χ1) is 11.5. The van der Waals surface area contributed by atoms with Crippen molar-refractivity contribution in [3.8, 4) is 0 Å². The van der Waals surface area contributed by atoms with Crippen LogP contribution in [0.25, 0.3) is 10.2 Å². The molecule has 24 heavy (non-hydrogen) atoms. The van der Waals surface area contributed by atoms with Crippen LogP contribution in [-0.2, 0) is 24.2 Å². The molecule has 1 N–H and O–H groups in total. The lowest BCUT2D eigenvalue weighted by atomic mass is 9.89. The van der Waals surface area contributed by atoms with Gasteiger partial charge in [-0.2, -0.15) is 0 Å². The highest BCUT2D eigenvalue weighted by atomic mass is 32.1. The van der Waals surface area contributed by atoms with Gasteiger partial charge in [-0.25, -0.2) is 4.98 Å². The van der Waals surface area contributed by atoms with E-state index in [0.29, 0.717) is 5.92 Å². The fourth-order valence-electron chi connectivity index (χ4n) is 3.46. The fraction of sp³-hybridized carbons (Fsp3) is 0.611. The number of aryl methyl sites for hydroxylation is 1. The number of amides is 1. The number of hydrogen-bond donors (Lipinski definition) is 1. The minimum absolute atomic E-state index is 0.0385. The molecule has 1 aliphatic rings. The first kappa shape index (κ1) is 17.1. The minimum Gasteiger partial charge on any atom is -0.352 e. The lowest BCUT2D eigenvalue weighted by Gasteiger charge is -2.17. The summed E-state index contributed by atoms with van der Waals surface area (Å²) in [5.41, 5.74) is 1.09. The predicted molar refractivity (Wildman–Crippen MR) is 97.6 cm³/mol. The SMILES string of the molecule is CCC[C@@H](C)NC(=O)Cn1cnc2sc3c(c2c1=O)CC[C@@H](C)C3. The number of fused-ring (bicyclic) bond motifs is 3. The van der Waals surface area contributed by atoms with E-state index in [1.165, 1.54) is 21.3 Å². The van der Waals surface area contributed by atoms with E-state index in [9.17, 15) is 9.59 Å². The maximum Gasteiger partial charge on any atom is 0.262 e. The molecule has 0 fully saturated rings. The molecular formula is C18H25N3O2S. The summed E-state index contributed by atoms with van der Waals surface area (Å²) in [6.07, 6.45) is 6.56. The number of carbonyl (C=O) groups excluding carboxylic acids is 1. The van der Waals surface area contributed by atoms with E-state index in [2.05, 4.69) is 24.1 Å². The highest BCUT2D eigenvalue weighted by molar-refractivity contribution is 7.18. The van der Waals surface area contributed by atoms with Gasteiger partial charge in [-0.15, -0.1) is 11.3 Å². The van der Waals surface area contributed by atoms with Gasteiger partial charge >= 0.3 is 0 Å². The molecule has 0 radical (unpaired) electrons. The van der Waals surface area contributed by atoms with Crippen LogP contribution in [0, 0.1) is 5.92 Å². The Hall–Kier alpha value is -1.69. The summed E-state index contributed by atoms with van der Waals surface area (Å²) in [5, 5.41) is 3.68. The van der Waals surface area contributed by atoms with Gasteiger partial charge in [0.1, 0.15) is 11.4 Å². The van der Waals surface area contributed by atoms with Crippen LogP contribution in [0.3, 0.4) is 0 Å². The Morgan fingerprint density at radius 3 is 3.08 bits per heavy atom. The summed E-state index contributed by atoms with van der Waals surface area (Å²) in [4.78, 5) is 31.6. The molecule has 0 bridgehead atoms. The third-order valence-corrected chi connectivity index (χ3v) is 5.89. The van der Waals surface area contributed by atoms with E-state index in [1.807, 2.05) is 6.92 Å². The highest BCUT2D eigenvalue weighted by Gasteiger charge is 2.23. The number of aromatic nitrogens is 2. The number of rotatable bonds is 5. The standard InChI is InChI=1S/C18H25N3O2S/c1-4-5-12(3)20-15(22)9-21-10-19-17-16(18(21)23)13-7-6-11(2)8-14(13)24-17/h10-12H,4-9H2,1-3H3,(H,20,22)/t11-,12-/m1/s1. The van der Waals surface area contributed by atoms with Crippen molar-refractivity contribution in [3.05, 3.63) is 27.1 Å². The molecular weight excluding hydrogens is 322 g/mol. The first-order valence-corrected chi connectivity index (χ1v) is 9.60. The number of thiophene rings is 1. The highest BCUT2D eigenvalue weighted by Crippen LogP contribution is 2.35. The fourth-order valence-corrected chi connectivity index (χ4v) is 4.80. The molecule has 0 spiro atoms. The monoisotopic (exact) mass is 347 g/mol. The van der Waals surface area contributed by atoms with E-state index in [4.69, 9.17) is 0 Å². The van der Waals surface area contributed by atoms with Gasteiger partial charge in [0.05, 0.1) is 11.7 Å². The van der Waals surface area contributed by atoms with Crippen molar-refractivity contribution in [2.24, 2.45) is 5.92 Å². The molecule has 2 aromatic rings. The average Bonchev–Trinajstić information content (AvgIpc) is 2.88. The van der Waals surface area contributed by atoms with Crippen molar-refractivity contribution in [2.75, 3.05) is 0 Å². The Balaban J connectivity index is 1.86. The van der Waals surface area contributed by atoms with Gasteiger partial charge in [0.25, 0.3) is 5.56 Å². The summed E-state index contributed by atoms with van der Waals surface area (Å²) in [6, 6.07) is 0.130. The predicted octanol–water partition coefficient (Wildman–Crippen LogP) is 2.89. The van der Waals surface area contributed by atoms with Gasteiger partial charge in [-0.1, -0.05) is 20.3 Å². The summed E-state index contributed by atoms with van der Waals surface area (Å²) >= 11 is 1.64. The van der Waals surface area contributed by atoms with Gasteiger partial charge in [-0.3, -0.25) is 14.2 Å². The Morgan fingerprint density at radius 2 is 2.33 bits per heavy atom. The van der Waals surface area contributed by atoms with Crippen LogP contribution < -0.4 is 10.9 Å². The Labute approximate surface area is 146 Å². The Kier molecular flexibility index (Phi) is 5.04. The molecule has 0 aromatic carbocycles. The van der Waals surface area contributed by atoms with E-state index in [-0.39, 0.29) is 24.1 Å². The third-order valence-electron chi connectivity index (χ3n) is 4.73. The summed E-state index contributed by atoms with van der Waals surface area (Å²) in [5.74, 6) is 0.538. The van der Waals surface area contributed by atoms with Crippen LogP contribution in [0.1, 0.15) is 50.5 Å². The van der Waals surface area contributed by atoms with E-state index < -0.39 is 0 Å². The molecule has 6 heteroatoms. The maximum absolute atomic E-state index is 12.8. The molecule has 0 unspecified atom stereocenters. The van der Waals surface area contributed by atoms with Gasteiger partial charge in [0, 0.05) is 10.9 Å². The molecule has 2 heterocycles. The van der Waals surface area contributed by atoms with Crippen LogP contribution in [-0.4, -0.2) is 21.5 Å². The van der Waals surface area contributed by atoms with Crippen molar-refractivity contribution in [1.82, 2.24) is 14.9 Å². The second-order valence-electron chi connectivity index (χ2n) is 6.97. The largest absolute Gasteiger partial charge is 0.352 e. The first-order valence-electron chi connectivity index (χ1n) is 8.78. The van der Waals surface area contributed by atoms with Crippen molar-refractivity contribution in [3.63, 3.8) is 0 Å². The van der Waals surface area contributed by atoms with Gasteiger partial charge in [0.2, 0.25) is 5.91 Å². The summed E-state index contributed by atoms with van der Waals surface area (Å²) in [7, 11) is 0. The molecule has 130 valence electrons. The van der Waals surface area contributed by atoms with E-state index in [1.54, 1.807) is 11.3 Å². The van der Waals surface area contributed by atoms with Gasteiger partial charge < -0.3 is 5.32 Å². The van der Waals surface area contributed by atoms with Crippen LogP contribution in [0.2, 0.25) is 0 Å². The number of nitrogens with zero attached hydrogens (tertiary/aromatic N) is 2. The minimum atomic E-state index is -0.128. The second kappa shape index (κ2) is 7.05. The van der Waals surface area contributed by atoms with Crippen molar-refractivity contribution in [1.29, 1.82) is 0 Å². The average molecular weight is 347 g/mol. The molecule has 2 atom stereocenters. The topological polar surface area (TPSA) is 64.0 Å². The molecule has 2 aromatic heterocycles. The second-order valence-corrected chi connectivity index (χ2v) is 8.05. The van der Waals surface area contributed by atoms with Gasteiger partial charge in [0.15, 0.2) is 0 Å². The van der Waals surface area contributed by atoms with E-state index >= 15 is 0 Å². The summed E-state index contributed by atoms with van der Waals surface area (Å²) in [6.45, 7) is 6.37. The number of carbonyl (C=O) groups is 1. The van der Waals surface area contributed by atoms with Crippen LogP contribution in [0.15, 0.2) is 11.1 Å². The molecule has 0 saturated carbocycles. The number of nitrogens with one attached hydrogen (secondary N) is 1. The molecule has 5 nitrogen and oxygen atoms in total. The molecule has 1 amide bonds. The summed E-state index contributed by atoms with van der Waals surface area (Å²) < 4.78 is 1.45. The third kappa shape index (κ3) is 3.38. The molecule has 0 saturated heterocycles. The van der Waals surface area contributed by atoms with Crippen LogP contribution in [0.5, 0.6) is 0 Å². The van der Waals surface area contributed by atoms with Crippen molar-refractivity contribution < 1.29 is 4.79 Å². The van der Waals surface area contributed by atoms with Gasteiger partial charge in [-0.05, 0) is 44.1 Å². The number of hydrogen-bond acceptors (Lipinski definition) is 4. The van der Waals surface area contributed by atoms with Crippen LogP contribution >= 0.6 is 11.3 Å². The molecule has 3 rings (SSSR count). The Bertz CT molecular complexity index is 808. The smallest absolute Gasteiger partial charge is 0.262 e. The van der Waals surface area contributed by atoms with Crippen LogP contribution in [0.4, 0.5) is 0 Å².